The Hall–Kier alpha value is -2.62. The highest BCUT2D eigenvalue weighted by molar-refractivity contribution is 6.06. The Labute approximate surface area is 128 Å². The van der Waals surface area contributed by atoms with Crippen LogP contribution in [0.3, 0.4) is 0 Å². The molecule has 4 heteroatoms. The molecule has 0 bridgehead atoms. The van der Waals surface area contributed by atoms with Crippen molar-refractivity contribution < 1.29 is 4.79 Å². The highest BCUT2D eigenvalue weighted by Crippen LogP contribution is 2.29. The summed E-state index contributed by atoms with van der Waals surface area (Å²) in [5.74, 6) is -0.0966. The fourth-order valence-corrected chi connectivity index (χ4v) is 3.19. The van der Waals surface area contributed by atoms with Gasteiger partial charge in [0.15, 0.2) is 0 Å². The van der Waals surface area contributed by atoms with Crippen LogP contribution >= 0.6 is 0 Å². The average molecular weight is 291 g/mol. The van der Waals surface area contributed by atoms with E-state index in [1.807, 2.05) is 24.3 Å². The number of fused-ring (bicyclic) bond motifs is 3. The van der Waals surface area contributed by atoms with E-state index >= 15 is 0 Å². The number of H-pyrrole nitrogens is 1. The van der Waals surface area contributed by atoms with Crippen LogP contribution in [-0.2, 0) is 12.8 Å². The summed E-state index contributed by atoms with van der Waals surface area (Å²) in [5.41, 5.74) is 5.25. The lowest BCUT2D eigenvalue weighted by Crippen LogP contribution is -2.11. The average Bonchev–Trinajstić information content (AvgIpc) is 2.93. The van der Waals surface area contributed by atoms with Crippen LogP contribution in [0, 0.1) is 0 Å². The van der Waals surface area contributed by atoms with Gasteiger partial charge in [0.2, 0.25) is 0 Å². The highest BCUT2D eigenvalue weighted by Gasteiger charge is 2.16. The third-order valence-electron chi connectivity index (χ3n) is 4.28. The molecule has 2 aromatic heterocycles. The maximum atomic E-state index is 12.4. The number of aromatic amines is 1. The van der Waals surface area contributed by atoms with E-state index in [4.69, 9.17) is 0 Å². The molecular weight excluding hydrogens is 274 g/mol. The number of carbonyl (C=O) groups excluding carboxylic acids is 1. The summed E-state index contributed by atoms with van der Waals surface area (Å²) in [6.07, 6.45) is 8.02. The number of nitrogens with zero attached hydrogens (tertiary/aromatic N) is 1. The molecule has 0 saturated carbocycles. The number of nitrogens with one attached hydrogen (secondary N) is 2. The van der Waals surface area contributed by atoms with Crippen LogP contribution in [0.25, 0.3) is 10.9 Å². The van der Waals surface area contributed by atoms with E-state index in [2.05, 4.69) is 15.3 Å². The number of anilines is 1. The van der Waals surface area contributed by atoms with E-state index in [-0.39, 0.29) is 5.91 Å². The van der Waals surface area contributed by atoms with Crippen molar-refractivity contribution in [2.75, 3.05) is 5.32 Å². The molecule has 110 valence electrons. The summed E-state index contributed by atoms with van der Waals surface area (Å²) in [7, 11) is 0. The molecule has 1 aliphatic rings. The van der Waals surface area contributed by atoms with Gasteiger partial charge in [-0.25, -0.2) is 0 Å². The van der Waals surface area contributed by atoms with E-state index in [0.29, 0.717) is 11.3 Å². The molecule has 2 heterocycles. The van der Waals surface area contributed by atoms with Gasteiger partial charge < -0.3 is 10.3 Å². The minimum Gasteiger partial charge on any atom is -0.358 e. The minimum atomic E-state index is -0.0966. The molecule has 1 aromatic carbocycles. The molecule has 0 fully saturated rings. The van der Waals surface area contributed by atoms with E-state index in [1.165, 1.54) is 29.5 Å². The Balaban J connectivity index is 1.68. The third kappa shape index (κ3) is 2.26. The van der Waals surface area contributed by atoms with Crippen LogP contribution in [0.2, 0.25) is 0 Å². The third-order valence-corrected chi connectivity index (χ3v) is 4.28. The first-order valence-corrected chi connectivity index (χ1v) is 7.66. The summed E-state index contributed by atoms with van der Waals surface area (Å²) in [6.45, 7) is 0. The number of amides is 1. The number of aryl methyl sites for hydroxylation is 2. The Morgan fingerprint density at radius 2 is 2.09 bits per heavy atom. The number of carbonyl (C=O) groups is 1. The first-order valence-electron chi connectivity index (χ1n) is 7.66. The predicted molar refractivity (Wildman–Crippen MR) is 87.1 cm³/mol. The van der Waals surface area contributed by atoms with Crippen LogP contribution in [0.5, 0.6) is 0 Å². The van der Waals surface area contributed by atoms with Crippen molar-refractivity contribution in [2.24, 2.45) is 0 Å². The molecule has 0 saturated heterocycles. The Bertz CT molecular complexity index is 836. The van der Waals surface area contributed by atoms with E-state index in [1.54, 1.807) is 18.5 Å². The van der Waals surface area contributed by atoms with Crippen molar-refractivity contribution >= 4 is 22.5 Å². The summed E-state index contributed by atoms with van der Waals surface area (Å²) in [5, 5.41) is 4.07. The molecule has 1 aliphatic carbocycles. The molecule has 0 radical (unpaired) electrons. The first-order chi connectivity index (χ1) is 10.8. The SMILES string of the molecule is O=C(Nc1cccnc1)c1ccc2[nH]c3c(c2c1)CCCC3. The number of pyridine rings is 1. The number of benzene rings is 1. The van der Waals surface area contributed by atoms with Gasteiger partial charge >= 0.3 is 0 Å². The molecule has 0 atom stereocenters. The smallest absolute Gasteiger partial charge is 0.255 e. The zero-order valence-corrected chi connectivity index (χ0v) is 12.2. The van der Waals surface area contributed by atoms with Gasteiger partial charge in [0.1, 0.15) is 0 Å². The summed E-state index contributed by atoms with van der Waals surface area (Å²) >= 11 is 0. The number of hydrogen-bond acceptors (Lipinski definition) is 2. The normalized spacial score (nSPS) is 13.8. The van der Waals surface area contributed by atoms with Gasteiger partial charge in [-0.15, -0.1) is 0 Å². The summed E-state index contributed by atoms with van der Waals surface area (Å²) < 4.78 is 0. The second kappa shape index (κ2) is 5.30. The highest BCUT2D eigenvalue weighted by atomic mass is 16.1. The maximum absolute atomic E-state index is 12.4. The van der Waals surface area contributed by atoms with Gasteiger partial charge in [-0.1, -0.05) is 0 Å². The number of hydrogen-bond donors (Lipinski definition) is 2. The van der Waals surface area contributed by atoms with Gasteiger partial charge in [0, 0.05) is 28.4 Å². The number of rotatable bonds is 2. The minimum absolute atomic E-state index is 0.0966. The van der Waals surface area contributed by atoms with E-state index in [0.717, 1.165) is 18.4 Å². The van der Waals surface area contributed by atoms with Gasteiger partial charge in [-0.2, -0.15) is 0 Å². The molecule has 0 aliphatic heterocycles. The molecule has 0 spiro atoms. The first kappa shape index (κ1) is 13.1. The zero-order chi connectivity index (χ0) is 14.9. The van der Waals surface area contributed by atoms with Crippen molar-refractivity contribution in [3.63, 3.8) is 0 Å². The maximum Gasteiger partial charge on any atom is 0.255 e. The number of aromatic nitrogens is 2. The van der Waals surface area contributed by atoms with Crippen molar-refractivity contribution in [1.29, 1.82) is 0 Å². The molecule has 3 aromatic rings. The lowest BCUT2D eigenvalue weighted by molar-refractivity contribution is 0.102. The standard InChI is InChI=1S/C18H17N3O/c22-18(20-13-4-3-9-19-11-13)12-7-8-17-15(10-12)14-5-1-2-6-16(14)21-17/h3-4,7-11,21H,1-2,5-6H2,(H,20,22). The van der Waals surface area contributed by atoms with Crippen molar-refractivity contribution in [2.45, 2.75) is 25.7 Å². The van der Waals surface area contributed by atoms with Gasteiger partial charge in [-0.3, -0.25) is 9.78 Å². The Morgan fingerprint density at radius 1 is 1.18 bits per heavy atom. The Kier molecular flexibility index (Phi) is 3.15. The monoisotopic (exact) mass is 291 g/mol. The van der Waals surface area contributed by atoms with Crippen molar-refractivity contribution in [3.8, 4) is 0 Å². The molecule has 4 rings (SSSR count). The van der Waals surface area contributed by atoms with Crippen molar-refractivity contribution in [3.05, 3.63) is 59.5 Å². The molecule has 4 nitrogen and oxygen atoms in total. The molecule has 0 unspecified atom stereocenters. The second-order valence-corrected chi connectivity index (χ2v) is 5.75. The molecule has 22 heavy (non-hydrogen) atoms. The van der Waals surface area contributed by atoms with Crippen LogP contribution in [-0.4, -0.2) is 15.9 Å². The van der Waals surface area contributed by atoms with Gasteiger partial charge in [-0.05, 0) is 61.6 Å². The zero-order valence-electron chi connectivity index (χ0n) is 12.2. The largest absolute Gasteiger partial charge is 0.358 e. The van der Waals surface area contributed by atoms with Crippen LogP contribution in [0.1, 0.15) is 34.5 Å². The topological polar surface area (TPSA) is 57.8 Å². The summed E-state index contributed by atoms with van der Waals surface area (Å²) in [4.78, 5) is 19.9. The fraction of sp³-hybridized carbons (Fsp3) is 0.222. The fourth-order valence-electron chi connectivity index (χ4n) is 3.19. The molecular formula is C18H17N3O. The van der Waals surface area contributed by atoms with E-state index in [9.17, 15) is 4.79 Å². The molecule has 2 N–H and O–H groups in total. The van der Waals surface area contributed by atoms with Gasteiger partial charge in [0.05, 0.1) is 11.9 Å². The van der Waals surface area contributed by atoms with Crippen LogP contribution in [0.15, 0.2) is 42.7 Å². The summed E-state index contributed by atoms with van der Waals surface area (Å²) in [6, 6.07) is 9.52. The van der Waals surface area contributed by atoms with Gasteiger partial charge in [0.25, 0.3) is 5.91 Å². The van der Waals surface area contributed by atoms with Crippen molar-refractivity contribution in [1.82, 2.24) is 9.97 Å². The predicted octanol–water partition coefficient (Wildman–Crippen LogP) is 3.69. The van der Waals surface area contributed by atoms with E-state index < -0.39 is 0 Å². The van der Waals surface area contributed by atoms with Crippen LogP contribution in [0.4, 0.5) is 5.69 Å². The molecule has 1 amide bonds. The van der Waals surface area contributed by atoms with Crippen LogP contribution < -0.4 is 5.32 Å². The second-order valence-electron chi connectivity index (χ2n) is 5.75. The lowest BCUT2D eigenvalue weighted by Gasteiger charge is -2.10. The Morgan fingerprint density at radius 3 is 2.95 bits per heavy atom. The quantitative estimate of drug-likeness (QED) is 0.756. The lowest BCUT2D eigenvalue weighted by atomic mass is 9.95.